The maximum atomic E-state index is 13.2. The Bertz CT molecular complexity index is 1370. The molecule has 178 valence electrons. The van der Waals surface area contributed by atoms with Crippen molar-refractivity contribution >= 4 is 35.1 Å². The number of anilines is 2. The zero-order valence-electron chi connectivity index (χ0n) is 18.8. The van der Waals surface area contributed by atoms with Crippen molar-refractivity contribution < 1.29 is 14.7 Å². The number of para-hydroxylation sites is 1. The molecule has 0 radical (unpaired) electrons. The molecule has 1 atom stereocenters. The number of hydrogen-bond acceptors (Lipinski definition) is 6. The van der Waals surface area contributed by atoms with Gasteiger partial charge in [-0.1, -0.05) is 41.9 Å². The fraction of sp³-hybridized carbons (Fsp3) is 0.120. The van der Waals surface area contributed by atoms with Crippen LogP contribution in [0.5, 0.6) is 0 Å². The van der Waals surface area contributed by atoms with E-state index in [1.807, 2.05) is 18.2 Å². The predicted octanol–water partition coefficient (Wildman–Crippen LogP) is 3.53. The van der Waals surface area contributed by atoms with Gasteiger partial charge < -0.3 is 21.5 Å². The number of aliphatic hydroxyl groups excluding tert-OH is 1. The molecule has 2 heterocycles. The highest BCUT2D eigenvalue weighted by molar-refractivity contribution is 6.34. The van der Waals surface area contributed by atoms with Gasteiger partial charge in [0, 0.05) is 18.2 Å². The van der Waals surface area contributed by atoms with Gasteiger partial charge in [0.05, 0.1) is 28.1 Å². The average molecular weight is 491 g/mol. The summed E-state index contributed by atoms with van der Waals surface area (Å²) in [6, 6.07) is 20.7. The molecule has 0 bridgehead atoms. The van der Waals surface area contributed by atoms with Gasteiger partial charge in [0.25, 0.3) is 11.8 Å². The standard InChI is InChI=1S/C25H23ClN6O3/c1-15(33)14-28-25(35)21-13-23(32(31-21)17-6-3-2-4-7-17)30-24(34)18-12-16(10-11-19(18)26)20-8-5-9-22(27)29-20/h2-13,15,33H,14H2,1H3,(H2,27,29)(H,28,35)(H,30,34). The molecule has 0 fully saturated rings. The highest BCUT2D eigenvalue weighted by atomic mass is 35.5. The molecule has 0 aliphatic rings. The van der Waals surface area contributed by atoms with E-state index in [-0.39, 0.29) is 28.6 Å². The zero-order chi connectivity index (χ0) is 24.9. The Kier molecular flexibility index (Phi) is 7.09. The molecular formula is C25H23ClN6O3. The number of nitrogens with two attached hydrogens (primary N) is 1. The number of benzene rings is 2. The second-order valence-corrected chi connectivity index (χ2v) is 8.22. The Labute approximate surface area is 206 Å². The summed E-state index contributed by atoms with van der Waals surface area (Å²) in [6.07, 6.45) is -0.710. The Balaban J connectivity index is 1.67. The number of nitrogens with zero attached hydrogens (tertiary/aromatic N) is 3. The second kappa shape index (κ2) is 10.4. The van der Waals surface area contributed by atoms with Gasteiger partial charge in [0.15, 0.2) is 5.69 Å². The van der Waals surface area contributed by atoms with Gasteiger partial charge in [-0.2, -0.15) is 5.10 Å². The van der Waals surface area contributed by atoms with Crippen LogP contribution in [0.15, 0.2) is 72.8 Å². The van der Waals surface area contributed by atoms with E-state index in [9.17, 15) is 14.7 Å². The number of carbonyl (C=O) groups is 2. The number of carbonyl (C=O) groups excluding carboxylic acids is 2. The van der Waals surface area contributed by atoms with Crippen molar-refractivity contribution in [2.45, 2.75) is 13.0 Å². The molecule has 0 aliphatic carbocycles. The highest BCUT2D eigenvalue weighted by Gasteiger charge is 2.20. The van der Waals surface area contributed by atoms with E-state index >= 15 is 0 Å². The number of pyridine rings is 1. The number of amides is 2. The normalized spacial score (nSPS) is 11.6. The lowest BCUT2D eigenvalue weighted by molar-refractivity contribution is 0.0918. The lowest BCUT2D eigenvalue weighted by Gasteiger charge is -2.11. The third kappa shape index (κ3) is 5.65. The zero-order valence-corrected chi connectivity index (χ0v) is 19.5. The minimum absolute atomic E-state index is 0.0686. The van der Waals surface area contributed by atoms with E-state index in [1.165, 1.54) is 10.7 Å². The Morgan fingerprint density at radius 1 is 1.06 bits per heavy atom. The maximum absolute atomic E-state index is 13.2. The van der Waals surface area contributed by atoms with E-state index in [0.717, 1.165) is 0 Å². The van der Waals surface area contributed by atoms with E-state index in [2.05, 4.69) is 20.7 Å². The van der Waals surface area contributed by atoms with Crippen LogP contribution >= 0.6 is 11.6 Å². The summed E-state index contributed by atoms with van der Waals surface area (Å²) in [5, 5.41) is 19.5. The molecule has 0 saturated carbocycles. The van der Waals surface area contributed by atoms with Crippen LogP contribution in [0.3, 0.4) is 0 Å². The Morgan fingerprint density at radius 2 is 1.83 bits per heavy atom. The van der Waals surface area contributed by atoms with Crippen molar-refractivity contribution in [2.24, 2.45) is 0 Å². The molecular weight excluding hydrogens is 468 g/mol. The molecule has 2 amide bonds. The van der Waals surface area contributed by atoms with Crippen LogP contribution in [0.4, 0.5) is 11.6 Å². The molecule has 5 N–H and O–H groups in total. The molecule has 35 heavy (non-hydrogen) atoms. The van der Waals surface area contributed by atoms with E-state index in [4.69, 9.17) is 17.3 Å². The molecule has 0 aliphatic heterocycles. The van der Waals surface area contributed by atoms with Crippen molar-refractivity contribution in [2.75, 3.05) is 17.6 Å². The van der Waals surface area contributed by atoms with Gasteiger partial charge in [-0.3, -0.25) is 9.59 Å². The summed E-state index contributed by atoms with van der Waals surface area (Å²) in [6.45, 7) is 1.63. The second-order valence-electron chi connectivity index (χ2n) is 7.82. The predicted molar refractivity (Wildman–Crippen MR) is 135 cm³/mol. The van der Waals surface area contributed by atoms with Crippen LogP contribution in [-0.2, 0) is 0 Å². The number of nitrogens with one attached hydrogen (secondary N) is 2. The number of aromatic nitrogens is 3. The van der Waals surface area contributed by atoms with E-state index in [0.29, 0.717) is 22.8 Å². The average Bonchev–Trinajstić information content (AvgIpc) is 3.27. The van der Waals surface area contributed by atoms with Crippen LogP contribution in [0, 0.1) is 0 Å². The molecule has 9 nitrogen and oxygen atoms in total. The number of aliphatic hydroxyl groups is 1. The lowest BCUT2D eigenvalue weighted by Crippen LogP contribution is -2.30. The minimum Gasteiger partial charge on any atom is -0.392 e. The molecule has 4 aromatic rings. The van der Waals surface area contributed by atoms with Gasteiger partial charge in [-0.05, 0) is 43.3 Å². The summed E-state index contributed by atoms with van der Waals surface area (Å²) in [4.78, 5) is 30.1. The topological polar surface area (TPSA) is 135 Å². The van der Waals surface area contributed by atoms with Gasteiger partial charge in [0.1, 0.15) is 11.6 Å². The molecule has 10 heteroatoms. The first-order valence-electron chi connectivity index (χ1n) is 10.8. The fourth-order valence-corrected chi connectivity index (χ4v) is 3.54. The van der Waals surface area contributed by atoms with Crippen LogP contribution in [-0.4, -0.2) is 44.3 Å². The van der Waals surface area contributed by atoms with Gasteiger partial charge in [-0.15, -0.1) is 0 Å². The summed E-state index contributed by atoms with van der Waals surface area (Å²) >= 11 is 6.34. The third-order valence-electron chi connectivity index (χ3n) is 5.02. The summed E-state index contributed by atoms with van der Waals surface area (Å²) in [5.74, 6) is -0.346. The van der Waals surface area contributed by atoms with Crippen LogP contribution in [0.25, 0.3) is 16.9 Å². The SMILES string of the molecule is CC(O)CNC(=O)c1cc(NC(=O)c2cc(-c3cccc(N)n3)ccc2Cl)n(-c2ccccc2)n1. The van der Waals surface area contributed by atoms with Gasteiger partial charge >= 0.3 is 0 Å². The van der Waals surface area contributed by atoms with Crippen molar-refractivity contribution in [1.29, 1.82) is 0 Å². The molecule has 2 aromatic carbocycles. The van der Waals surface area contributed by atoms with Crippen LogP contribution in [0.2, 0.25) is 5.02 Å². The Morgan fingerprint density at radius 3 is 2.54 bits per heavy atom. The first-order chi connectivity index (χ1) is 16.8. The molecule has 1 unspecified atom stereocenters. The highest BCUT2D eigenvalue weighted by Crippen LogP contribution is 2.26. The van der Waals surface area contributed by atoms with Crippen LogP contribution in [0.1, 0.15) is 27.8 Å². The Hall–Kier alpha value is -4.21. The van der Waals surface area contributed by atoms with Crippen molar-refractivity contribution in [3.63, 3.8) is 0 Å². The third-order valence-corrected chi connectivity index (χ3v) is 5.35. The monoisotopic (exact) mass is 490 g/mol. The fourth-order valence-electron chi connectivity index (χ4n) is 3.33. The first kappa shape index (κ1) is 23.9. The molecule has 0 saturated heterocycles. The summed E-state index contributed by atoms with van der Waals surface area (Å²) in [7, 11) is 0. The number of halogens is 1. The number of hydrogen-bond donors (Lipinski definition) is 4. The van der Waals surface area contributed by atoms with Gasteiger partial charge in [0.2, 0.25) is 0 Å². The first-order valence-corrected chi connectivity index (χ1v) is 11.1. The lowest BCUT2D eigenvalue weighted by atomic mass is 10.1. The summed E-state index contributed by atoms with van der Waals surface area (Å²) < 4.78 is 1.45. The van der Waals surface area contributed by atoms with Crippen molar-refractivity contribution in [1.82, 2.24) is 20.1 Å². The van der Waals surface area contributed by atoms with E-state index < -0.39 is 17.9 Å². The quantitative estimate of drug-likeness (QED) is 0.313. The van der Waals surface area contributed by atoms with Crippen molar-refractivity contribution in [3.05, 3.63) is 89.1 Å². The molecule has 0 spiro atoms. The largest absolute Gasteiger partial charge is 0.392 e. The van der Waals surface area contributed by atoms with Crippen LogP contribution < -0.4 is 16.4 Å². The minimum atomic E-state index is -0.710. The molecule has 2 aromatic heterocycles. The van der Waals surface area contributed by atoms with Gasteiger partial charge in [-0.25, -0.2) is 9.67 Å². The molecule has 4 rings (SSSR count). The van der Waals surface area contributed by atoms with Crippen molar-refractivity contribution in [3.8, 4) is 16.9 Å². The smallest absolute Gasteiger partial charge is 0.271 e. The number of rotatable bonds is 7. The van der Waals surface area contributed by atoms with E-state index in [1.54, 1.807) is 55.5 Å². The summed E-state index contributed by atoms with van der Waals surface area (Å²) in [5.41, 5.74) is 7.99. The maximum Gasteiger partial charge on any atom is 0.271 e. The number of nitrogen functional groups attached to an aromatic ring is 1.